The van der Waals surface area contributed by atoms with Gasteiger partial charge < -0.3 is 14.2 Å². The quantitative estimate of drug-likeness (QED) is 0.217. The molecule has 2 aliphatic rings. The summed E-state index contributed by atoms with van der Waals surface area (Å²) in [6, 6.07) is 14.1. The number of rotatable bonds is 5. The number of benzene rings is 2. The highest BCUT2D eigenvalue weighted by Gasteiger charge is 2.46. The van der Waals surface area contributed by atoms with Crippen LogP contribution < -0.4 is 10.5 Å². The molecule has 1 atom stereocenters. The van der Waals surface area contributed by atoms with E-state index in [2.05, 4.69) is 51.7 Å². The van der Waals surface area contributed by atoms with Gasteiger partial charge in [0.05, 0.1) is 27.0 Å². The van der Waals surface area contributed by atoms with E-state index in [4.69, 9.17) is 20.9 Å². The van der Waals surface area contributed by atoms with E-state index in [0.29, 0.717) is 22.1 Å². The van der Waals surface area contributed by atoms with Crippen LogP contribution in [0.1, 0.15) is 96.9 Å². The number of halogens is 1. The maximum Gasteiger partial charge on any atom is 0.320 e. The van der Waals surface area contributed by atoms with Gasteiger partial charge in [-0.3, -0.25) is 14.2 Å². The average molecular weight is 617 g/mol. The lowest BCUT2D eigenvalue weighted by Crippen LogP contribution is -2.42. The Bertz CT molecular complexity index is 1820. The molecule has 1 saturated heterocycles. The highest BCUT2D eigenvalue weighted by molar-refractivity contribution is 6.35. The molecule has 232 valence electrons. The van der Waals surface area contributed by atoms with Crippen molar-refractivity contribution < 1.29 is 14.1 Å². The summed E-state index contributed by atoms with van der Waals surface area (Å²) in [7, 11) is 0. The van der Waals surface area contributed by atoms with E-state index in [0.717, 1.165) is 54.3 Å². The van der Waals surface area contributed by atoms with Crippen LogP contribution in [0.15, 0.2) is 51.8 Å². The van der Waals surface area contributed by atoms with E-state index in [-0.39, 0.29) is 17.4 Å². The Balaban J connectivity index is 1.23. The highest BCUT2D eigenvalue weighted by Crippen LogP contribution is 2.45. The lowest BCUT2D eigenvalue weighted by molar-refractivity contribution is -0.164. The van der Waals surface area contributed by atoms with Crippen LogP contribution >= 0.6 is 11.6 Å². The molecule has 2 aromatic carbocycles. The highest BCUT2D eigenvalue weighted by atomic mass is 35.5. The second kappa shape index (κ2) is 10.5. The van der Waals surface area contributed by atoms with Crippen LogP contribution in [0.4, 0.5) is 5.82 Å². The van der Waals surface area contributed by atoms with Gasteiger partial charge in [-0.15, -0.1) is 0 Å². The molecule has 6 rings (SSSR count). The van der Waals surface area contributed by atoms with Gasteiger partial charge in [-0.2, -0.15) is 4.98 Å². The van der Waals surface area contributed by atoms with Gasteiger partial charge in [0.2, 0.25) is 0 Å². The van der Waals surface area contributed by atoms with E-state index in [1.54, 1.807) is 6.07 Å². The molecule has 0 saturated carbocycles. The maximum absolute atomic E-state index is 13.3. The predicted octanol–water partition coefficient (Wildman–Crippen LogP) is 7.31. The van der Waals surface area contributed by atoms with Gasteiger partial charge in [-0.1, -0.05) is 48.8 Å². The first kappa shape index (κ1) is 30.4. The van der Waals surface area contributed by atoms with Crippen LogP contribution in [-0.4, -0.2) is 39.4 Å². The van der Waals surface area contributed by atoms with Gasteiger partial charge in [0.25, 0.3) is 5.56 Å². The third-order valence-corrected chi connectivity index (χ3v) is 9.95. The average Bonchev–Trinajstić information content (AvgIpc) is 3.53. The second-order valence-corrected chi connectivity index (χ2v) is 14.7. The molecule has 0 bridgehead atoms. The molecule has 2 aromatic heterocycles. The minimum Gasteiger partial charge on any atom is -0.459 e. The molecule has 8 nitrogen and oxygen atoms in total. The first-order valence-corrected chi connectivity index (χ1v) is 15.8. The molecule has 4 aromatic rings. The van der Waals surface area contributed by atoms with Crippen LogP contribution in [0.5, 0.6) is 0 Å². The molecule has 44 heavy (non-hydrogen) atoms. The molecule has 9 heteroatoms. The lowest BCUT2D eigenvalue weighted by Gasteiger charge is -2.33. The van der Waals surface area contributed by atoms with Crippen LogP contribution in [-0.2, 0) is 20.4 Å². The Morgan fingerprint density at radius 2 is 1.80 bits per heavy atom. The molecular formula is C35H41ClN4O4. The molecule has 0 spiro atoms. The number of fused-ring (bicyclic) bond motifs is 5. The van der Waals surface area contributed by atoms with Gasteiger partial charge in [-0.25, -0.2) is 0 Å². The summed E-state index contributed by atoms with van der Waals surface area (Å²) in [5.41, 5.74) is 2.01. The van der Waals surface area contributed by atoms with Crippen LogP contribution in [0.25, 0.3) is 16.6 Å². The molecule has 0 radical (unpaired) electrons. The van der Waals surface area contributed by atoms with E-state index in [9.17, 15) is 9.59 Å². The molecule has 1 fully saturated rings. The van der Waals surface area contributed by atoms with Gasteiger partial charge in [-0.05, 0) is 95.5 Å². The normalized spacial score (nSPS) is 17.9. The number of piperidine rings is 1. The Morgan fingerprint density at radius 3 is 2.45 bits per heavy atom. The van der Waals surface area contributed by atoms with E-state index in [1.165, 1.54) is 5.56 Å². The first-order chi connectivity index (χ1) is 20.6. The van der Waals surface area contributed by atoms with Crippen molar-refractivity contribution in [3.05, 3.63) is 80.6 Å². The fraction of sp³-hybridized carbons (Fsp3) is 0.486. The zero-order valence-corrected chi connectivity index (χ0v) is 27.6. The summed E-state index contributed by atoms with van der Waals surface area (Å²) in [6.07, 6.45) is 1.91. The molecular weight excluding hydrogens is 576 g/mol. The first-order valence-electron chi connectivity index (χ1n) is 15.4. The van der Waals surface area contributed by atoms with Crippen molar-refractivity contribution in [1.82, 2.24) is 14.7 Å². The second-order valence-electron chi connectivity index (χ2n) is 14.3. The number of hydrogen-bond acceptors (Lipinski definition) is 7. The van der Waals surface area contributed by atoms with Gasteiger partial charge >= 0.3 is 5.97 Å². The molecule has 0 amide bonds. The van der Waals surface area contributed by atoms with Crippen molar-refractivity contribution in [2.45, 2.75) is 90.6 Å². The summed E-state index contributed by atoms with van der Waals surface area (Å²) >= 11 is 6.43. The van der Waals surface area contributed by atoms with Crippen LogP contribution in [0.2, 0.25) is 5.02 Å². The number of ether oxygens (including phenoxy) is 1. The molecule has 2 aliphatic heterocycles. The minimum absolute atomic E-state index is 0.0392. The van der Waals surface area contributed by atoms with Gasteiger partial charge in [0, 0.05) is 19.2 Å². The van der Waals surface area contributed by atoms with Gasteiger partial charge in [0.15, 0.2) is 11.6 Å². The summed E-state index contributed by atoms with van der Waals surface area (Å²) in [5, 5.41) is 5.26. The summed E-state index contributed by atoms with van der Waals surface area (Å²) in [4.78, 5) is 33.0. The van der Waals surface area contributed by atoms with Crippen molar-refractivity contribution in [1.29, 1.82) is 0 Å². The standard InChI is InChI=1S/C35H41ClN4O4/c1-20(2)35(8,32(42)43-33(3,4)5)27-19-28(38-44-27)39-16-14-21(15-17-39)22-12-13-25-23(18-22)34(6,7)31-37-30(41)29-24(36)10-9-11-26(29)40(25)31/h9-13,18-21H,14-17H2,1-8H3. The number of carbonyl (C=O) groups excluding carboxylic acids is 1. The number of esters is 1. The largest absolute Gasteiger partial charge is 0.459 e. The van der Waals surface area contributed by atoms with Crippen LogP contribution in [0, 0.1) is 5.92 Å². The SMILES string of the molecule is CC(C)C(C)(C(=O)OC(C)(C)C)c1cc(N2CCC(c3ccc4c(c3)C(C)(C)c3nc(=O)c5c(Cl)cccc5n3-4)CC2)no1. The third-order valence-electron chi connectivity index (χ3n) is 9.64. The van der Waals surface area contributed by atoms with Crippen molar-refractivity contribution in [3.63, 3.8) is 0 Å². The monoisotopic (exact) mass is 616 g/mol. The molecule has 4 heterocycles. The van der Waals surface area contributed by atoms with Crippen molar-refractivity contribution in [2.75, 3.05) is 18.0 Å². The fourth-order valence-corrected chi connectivity index (χ4v) is 6.87. The number of carbonyl (C=O) groups is 1. The predicted molar refractivity (Wildman–Crippen MR) is 173 cm³/mol. The Hall–Kier alpha value is -3.65. The summed E-state index contributed by atoms with van der Waals surface area (Å²) in [5.74, 6) is 2.05. The number of aromatic nitrogens is 3. The zero-order chi connectivity index (χ0) is 31.8. The van der Waals surface area contributed by atoms with E-state index < -0.39 is 16.4 Å². The zero-order valence-electron chi connectivity index (χ0n) is 26.8. The van der Waals surface area contributed by atoms with Crippen molar-refractivity contribution in [2.24, 2.45) is 5.92 Å². The topological polar surface area (TPSA) is 90.5 Å². The van der Waals surface area contributed by atoms with Crippen LogP contribution in [0.3, 0.4) is 0 Å². The number of hydrogen-bond donors (Lipinski definition) is 0. The third kappa shape index (κ3) is 4.82. The fourth-order valence-electron chi connectivity index (χ4n) is 6.62. The van der Waals surface area contributed by atoms with Crippen molar-refractivity contribution >= 4 is 34.3 Å². The minimum atomic E-state index is -0.942. The number of nitrogens with zero attached hydrogens (tertiary/aromatic N) is 4. The van der Waals surface area contributed by atoms with Crippen molar-refractivity contribution in [3.8, 4) is 5.69 Å². The molecule has 0 N–H and O–H groups in total. The molecule has 1 unspecified atom stereocenters. The summed E-state index contributed by atoms with van der Waals surface area (Å²) in [6.45, 7) is 17.4. The molecule has 0 aliphatic carbocycles. The Labute approximate surface area is 263 Å². The maximum atomic E-state index is 13.3. The Kier molecular flexibility index (Phi) is 7.23. The smallest absolute Gasteiger partial charge is 0.320 e. The van der Waals surface area contributed by atoms with E-state index >= 15 is 0 Å². The lowest BCUT2D eigenvalue weighted by atomic mass is 9.76. The summed E-state index contributed by atoms with van der Waals surface area (Å²) < 4.78 is 13.7. The van der Waals surface area contributed by atoms with Gasteiger partial charge in [0.1, 0.15) is 16.8 Å². The number of anilines is 1. The van der Waals surface area contributed by atoms with E-state index in [1.807, 2.05) is 59.7 Å². The Morgan fingerprint density at radius 1 is 1.09 bits per heavy atom.